The van der Waals surface area contributed by atoms with Gasteiger partial charge < -0.3 is 10.6 Å². The highest BCUT2D eigenvalue weighted by Gasteiger charge is 2.27. The average molecular weight is 252 g/mol. The summed E-state index contributed by atoms with van der Waals surface area (Å²) >= 11 is 0. The number of piperidine rings is 1. The van der Waals surface area contributed by atoms with Crippen molar-refractivity contribution in [2.24, 2.45) is 11.8 Å². The minimum Gasteiger partial charge on any atom is -0.353 e. The first-order chi connectivity index (χ1) is 8.66. The predicted molar refractivity (Wildman–Crippen MR) is 74.4 cm³/mol. The Bertz CT molecular complexity index is 274. The Morgan fingerprint density at radius 1 is 1.22 bits per heavy atom. The highest BCUT2D eigenvalue weighted by atomic mass is 16.1. The van der Waals surface area contributed by atoms with E-state index in [2.05, 4.69) is 24.5 Å². The predicted octanol–water partition coefficient (Wildman–Crippen LogP) is 2.46. The van der Waals surface area contributed by atoms with E-state index in [1.165, 1.54) is 32.1 Å². The highest BCUT2D eigenvalue weighted by molar-refractivity contribution is 5.79. The van der Waals surface area contributed by atoms with E-state index in [-0.39, 0.29) is 5.92 Å². The van der Waals surface area contributed by atoms with Crippen LogP contribution in [0.1, 0.15) is 58.8 Å². The molecule has 1 aliphatic heterocycles. The van der Waals surface area contributed by atoms with Crippen LogP contribution in [0.25, 0.3) is 0 Å². The van der Waals surface area contributed by atoms with Gasteiger partial charge in [0.15, 0.2) is 0 Å². The minimum absolute atomic E-state index is 0.229. The lowest BCUT2D eigenvalue weighted by molar-refractivity contribution is -0.127. The van der Waals surface area contributed by atoms with Gasteiger partial charge in [-0.25, -0.2) is 0 Å². The lowest BCUT2D eigenvalue weighted by Crippen LogP contribution is -2.46. The molecule has 0 aromatic rings. The van der Waals surface area contributed by atoms with Gasteiger partial charge in [-0.1, -0.05) is 19.3 Å². The van der Waals surface area contributed by atoms with Gasteiger partial charge in [0, 0.05) is 18.0 Å². The van der Waals surface area contributed by atoms with E-state index in [9.17, 15) is 4.79 Å². The lowest BCUT2D eigenvalue weighted by atomic mass is 9.84. The van der Waals surface area contributed by atoms with Crippen LogP contribution in [0.2, 0.25) is 0 Å². The molecule has 1 amide bonds. The van der Waals surface area contributed by atoms with E-state index >= 15 is 0 Å². The molecule has 18 heavy (non-hydrogen) atoms. The van der Waals surface area contributed by atoms with Crippen LogP contribution in [-0.4, -0.2) is 24.5 Å². The van der Waals surface area contributed by atoms with Crippen LogP contribution in [0.3, 0.4) is 0 Å². The highest BCUT2D eigenvalue weighted by Crippen LogP contribution is 2.26. The van der Waals surface area contributed by atoms with Crippen molar-refractivity contribution >= 4 is 5.91 Å². The van der Waals surface area contributed by atoms with Crippen LogP contribution in [-0.2, 0) is 4.79 Å². The summed E-state index contributed by atoms with van der Waals surface area (Å²) in [7, 11) is 0. The molecule has 0 aromatic carbocycles. The Morgan fingerprint density at radius 3 is 2.61 bits per heavy atom. The number of hydrogen-bond donors (Lipinski definition) is 2. The minimum atomic E-state index is 0.229. The van der Waals surface area contributed by atoms with Gasteiger partial charge in [0.2, 0.25) is 5.91 Å². The first-order valence-corrected chi connectivity index (χ1v) is 7.70. The maximum absolute atomic E-state index is 12.3. The third-order valence-corrected chi connectivity index (χ3v) is 4.72. The second-order valence-corrected chi connectivity index (χ2v) is 6.27. The van der Waals surface area contributed by atoms with Crippen molar-refractivity contribution in [3.8, 4) is 0 Å². The molecular formula is C15H28N2O. The van der Waals surface area contributed by atoms with Crippen LogP contribution in [0.5, 0.6) is 0 Å². The van der Waals surface area contributed by atoms with Gasteiger partial charge in [0.05, 0.1) is 0 Å². The summed E-state index contributed by atoms with van der Waals surface area (Å²) in [5, 5.41) is 6.68. The summed E-state index contributed by atoms with van der Waals surface area (Å²) in [5.41, 5.74) is 0. The molecule has 2 N–H and O–H groups in total. The standard InChI is InChI=1S/C15H28N2O/c1-11-10-14(8-9-16-11)15(18)17-12(2)13-6-4-3-5-7-13/h11-14,16H,3-10H2,1-2H3,(H,17,18). The monoisotopic (exact) mass is 252 g/mol. The van der Waals surface area contributed by atoms with Gasteiger partial charge in [-0.2, -0.15) is 0 Å². The molecule has 1 saturated heterocycles. The second-order valence-electron chi connectivity index (χ2n) is 6.27. The molecule has 3 nitrogen and oxygen atoms in total. The van der Waals surface area contributed by atoms with Crippen LogP contribution in [0.15, 0.2) is 0 Å². The Balaban J connectivity index is 1.78. The van der Waals surface area contributed by atoms with Crippen molar-refractivity contribution in [3.05, 3.63) is 0 Å². The van der Waals surface area contributed by atoms with E-state index in [4.69, 9.17) is 0 Å². The molecule has 0 aromatic heterocycles. The SMILES string of the molecule is CC1CC(C(=O)NC(C)C2CCCCC2)CCN1. The van der Waals surface area contributed by atoms with E-state index in [1.807, 2.05) is 0 Å². The third kappa shape index (κ3) is 3.71. The quantitative estimate of drug-likeness (QED) is 0.810. The Morgan fingerprint density at radius 2 is 1.94 bits per heavy atom. The molecule has 2 aliphatic rings. The molecule has 0 radical (unpaired) electrons. The molecule has 104 valence electrons. The zero-order valence-corrected chi connectivity index (χ0v) is 11.9. The summed E-state index contributed by atoms with van der Waals surface area (Å²) in [6.07, 6.45) is 8.64. The van der Waals surface area contributed by atoms with Gasteiger partial charge in [-0.3, -0.25) is 4.79 Å². The molecule has 3 unspecified atom stereocenters. The summed E-state index contributed by atoms with van der Waals surface area (Å²) in [5.74, 6) is 1.23. The second kappa shape index (κ2) is 6.55. The van der Waals surface area contributed by atoms with Crippen LogP contribution in [0, 0.1) is 11.8 Å². The number of nitrogens with one attached hydrogen (secondary N) is 2. The fraction of sp³-hybridized carbons (Fsp3) is 0.933. The van der Waals surface area contributed by atoms with E-state index < -0.39 is 0 Å². The molecule has 3 heteroatoms. The van der Waals surface area contributed by atoms with E-state index in [0.717, 1.165) is 19.4 Å². The first-order valence-electron chi connectivity index (χ1n) is 7.70. The van der Waals surface area contributed by atoms with Gasteiger partial charge in [-0.15, -0.1) is 0 Å². The maximum Gasteiger partial charge on any atom is 0.223 e. The largest absolute Gasteiger partial charge is 0.353 e. The van der Waals surface area contributed by atoms with Gasteiger partial charge in [-0.05, 0) is 52.0 Å². The van der Waals surface area contributed by atoms with Crippen molar-refractivity contribution in [3.63, 3.8) is 0 Å². The summed E-state index contributed by atoms with van der Waals surface area (Å²) < 4.78 is 0. The van der Waals surface area contributed by atoms with E-state index in [1.54, 1.807) is 0 Å². The van der Waals surface area contributed by atoms with Gasteiger partial charge in [0.1, 0.15) is 0 Å². The summed E-state index contributed by atoms with van der Waals surface area (Å²) in [4.78, 5) is 12.3. The van der Waals surface area contributed by atoms with Crippen molar-refractivity contribution in [1.29, 1.82) is 0 Å². The first kappa shape index (κ1) is 13.9. The lowest BCUT2D eigenvalue weighted by Gasteiger charge is -2.32. The normalized spacial score (nSPS) is 31.9. The van der Waals surface area contributed by atoms with Crippen LogP contribution >= 0.6 is 0 Å². The number of hydrogen-bond acceptors (Lipinski definition) is 2. The van der Waals surface area contributed by atoms with Gasteiger partial charge in [0.25, 0.3) is 0 Å². The van der Waals surface area contributed by atoms with Crippen LogP contribution in [0.4, 0.5) is 0 Å². The van der Waals surface area contributed by atoms with Crippen molar-refractivity contribution in [2.45, 2.75) is 70.9 Å². The molecule has 2 rings (SSSR count). The van der Waals surface area contributed by atoms with Crippen molar-refractivity contribution in [2.75, 3.05) is 6.54 Å². The van der Waals surface area contributed by atoms with E-state index in [0.29, 0.717) is 23.9 Å². The molecule has 1 aliphatic carbocycles. The smallest absolute Gasteiger partial charge is 0.223 e. The van der Waals surface area contributed by atoms with Gasteiger partial charge >= 0.3 is 0 Å². The molecule has 1 saturated carbocycles. The molecule has 1 heterocycles. The number of amides is 1. The Kier molecular flexibility index (Phi) is 5.04. The number of carbonyl (C=O) groups excluding carboxylic acids is 1. The topological polar surface area (TPSA) is 41.1 Å². The Labute approximate surface area is 111 Å². The average Bonchev–Trinajstić information content (AvgIpc) is 2.39. The molecule has 0 bridgehead atoms. The summed E-state index contributed by atoms with van der Waals surface area (Å²) in [6, 6.07) is 0.850. The Hall–Kier alpha value is -0.570. The molecule has 0 spiro atoms. The number of carbonyl (C=O) groups is 1. The maximum atomic E-state index is 12.3. The fourth-order valence-electron chi connectivity index (χ4n) is 3.46. The van der Waals surface area contributed by atoms with Crippen molar-refractivity contribution in [1.82, 2.24) is 10.6 Å². The zero-order chi connectivity index (χ0) is 13.0. The molecular weight excluding hydrogens is 224 g/mol. The van der Waals surface area contributed by atoms with Crippen LogP contribution < -0.4 is 10.6 Å². The molecule has 3 atom stereocenters. The zero-order valence-electron chi connectivity index (χ0n) is 11.9. The van der Waals surface area contributed by atoms with Crippen molar-refractivity contribution < 1.29 is 4.79 Å². The fourth-order valence-corrected chi connectivity index (χ4v) is 3.46. The molecule has 2 fully saturated rings. The summed E-state index contributed by atoms with van der Waals surface area (Å²) in [6.45, 7) is 5.35. The number of rotatable bonds is 3. The third-order valence-electron chi connectivity index (χ3n) is 4.72.